The summed E-state index contributed by atoms with van der Waals surface area (Å²) in [5.41, 5.74) is 1.67. The third-order valence-corrected chi connectivity index (χ3v) is 5.16. The number of halogens is 4. The highest BCUT2D eigenvalue weighted by Crippen LogP contribution is 2.29. The van der Waals surface area contributed by atoms with Crippen LogP contribution in [-0.2, 0) is 0 Å². The van der Waals surface area contributed by atoms with Crippen molar-refractivity contribution >= 4 is 41.4 Å². The van der Waals surface area contributed by atoms with Crippen molar-refractivity contribution in [1.29, 1.82) is 0 Å². The van der Waals surface area contributed by atoms with Gasteiger partial charge in [-0.05, 0) is 50.2 Å². The first-order valence-corrected chi connectivity index (χ1v) is 9.61. The highest BCUT2D eigenvalue weighted by atomic mass is 35.5. The fraction of sp³-hybridized carbons (Fsp3) is 0.286. The van der Waals surface area contributed by atoms with Crippen LogP contribution >= 0.6 is 24.8 Å². The average molecular weight is 468 g/mol. The highest BCUT2D eigenvalue weighted by molar-refractivity contribution is 5.86. The van der Waals surface area contributed by atoms with E-state index < -0.39 is 12.3 Å². The summed E-state index contributed by atoms with van der Waals surface area (Å²) in [5, 5.41) is 12.3. The third-order valence-electron chi connectivity index (χ3n) is 5.16. The molecule has 10 heteroatoms. The van der Waals surface area contributed by atoms with Gasteiger partial charge in [0.05, 0.1) is 0 Å². The lowest BCUT2D eigenvalue weighted by Gasteiger charge is -2.21. The second-order valence-corrected chi connectivity index (χ2v) is 7.12. The molecule has 0 spiro atoms. The van der Waals surface area contributed by atoms with Crippen molar-refractivity contribution in [2.45, 2.75) is 25.1 Å². The van der Waals surface area contributed by atoms with Crippen molar-refractivity contribution in [1.82, 2.24) is 24.9 Å². The quantitative estimate of drug-likeness (QED) is 0.483. The zero-order valence-corrected chi connectivity index (χ0v) is 18.0. The molecule has 1 aliphatic heterocycles. The molecule has 1 aliphatic rings. The maximum atomic E-state index is 14.5. The Morgan fingerprint density at radius 3 is 2.71 bits per heavy atom. The van der Waals surface area contributed by atoms with E-state index in [2.05, 4.69) is 15.5 Å². The number of ether oxygens (including phenoxy) is 1. The van der Waals surface area contributed by atoms with E-state index in [1.807, 2.05) is 18.2 Å². The molecule has 0 amide bonds. The molecule has 0 radical (unpaired) electrons. The summed E-state index contributed by atoms with van der Waals surface area (Å²) < 4.78 is 35.8. The summed E-state index contributed by atoms with van der Waals surface area (Å²) in [6.07, 6.45) is 0.776. The zero-order chi connectivity index (χ0) is 19.8. The number of alkyl halides is 1. The summed E-state index contributed by atoms with van der Waals surface area (Å²) in [7, 11) is 0. The molecule has 5 rings (SSSR count). The van der Waals surface area contributed by atoms with E-state index >= 15 is 0 Å². The van der Waals surface area contributed by atoms with E-state index in [0.717, 1.165) is 5.39 Å². The highest BCUT2D eigenvalue weighted by Gasteiger charge is 2.25. The molecule has 1 aromatic carbocycles. The number of para-hydroxylation sites is 1. The minimum atomic E-state index is -1.04. The summed E-state index contributed by atoms with van der Waals surface area (Å²) in [6, 6.07) is 12.2. The van der Waals surface area contributed by atoms with Crippen LogP contribution in [0.3, 0.4) is 0 Å². The third kappa shape index (κ3) is 4.56. The van der Waals surface area contributed by atoms with Crippen LogP contribution in [-0.4, -0.2) is 44.9 Å². The van der Waals surface area contributed by atoms with Crippen LogP contribution in [0.4, 0.5) is 8.78 Å². The van der Waals surface area contributed by atoms with Gasteiger partial charge in [-0.15, -0.1) is 35.0 Å². The van der Waals surface area contributed by atoms with Crippen LogP contribution in [0.15, 0.2) is 48.7 Å². The van der Waals surface area contributed by atoms with Crippen molar-refractivity contribution in [3.63, 3.8) is 0 Å². The molecule has 2 atom stereocenters. The molecule has 1 saturated heterocycles. The van der Waals surface area contributed by atoms with Gasteiger partial charge in [0.25, 0.3) is 0 Å². The molecule has 1 N–H and O–H groups in total. The molecule has 0 unspecified atom stereocenters. The molecule has 0 saturated carbocycles. The van der Waals surface area contributed by atoms with Crippen molar-refractivity contribution in [3.05, 3.63) is 54.5 Å². The van der Waals surface area contributed by atoms with Gasteiger partial charge in [-0.1, -0.05) is 18.2 Å². The molecule has 4 heterocycles. The van der Waals surface area contributed by atoms with Crippen LogP contribution in [0.25, 0.3) is 28.1 Å². The van der Waals surface area contributed by atoms with Crippen LogP contribution in [0.1, 0.15) is 12.8 Å². The Balaban J connectivity index is 0.00000136. The summed E-state index contributed by atoms with van der Waals surface area (Å²) >= 11 is 0. The monoisotopic (exact) mass is 467 g/mol. The number of nitrogens with one attached hydrogen (secondary N) is 1. The Bertz CT molecular complexity index is 1190. The van der Waals surface area contributed by atoms with Gasteiger partial charge >= 0.3 is 0 Å². The number of aromatic nitrogens is 4. The van der Waals surface area contributed by atoms with Gasteiger partial charge in [0.1, 0.15) is 35.1 Å². The normalized spacial score (nSPS) is 18.8. The van der Waals surface area contributed by atoms with Gasteiger partial charge in [-0.2, -0.15) is 0 Å². The lowest BCUT2D eigenvalue weighted by Crippen LogP contribution is -2.28. The first-order valence-electron chi connectivity index (χ1n) is 9.61. The van der Waals surface area contributed by atoms with Crippen molar-refractivity contribution in [2.75, 3.05) is 13.1 Å². The summed E-state index contributed by atoms with van der Waals surface area (Å²) in [5.74, 6) is 0.566. The van der Waals surface area contributed by atoms with Crippen LogP contribution < -0.4 is 10.1 Å². The molecule has 164 valence electrons. The van der Waals surface area contributed by atoms with Crippen molar-refractivity contribution in [2.24, 2.45) is 0 Å². The number of fused-ring (bicyclic) bond motifs is 2. The maximum Gasteiger partial charge on any atom is 0.187 e. The predicted octanol–water partition coefficient (Wildman–Crippen LogP) is 4.40. The molecule has 0 aliphatic carbocycles. The number of hydrogen-bond acceptors (Lipinski definition) is 5. The lowest BCUT2D eigenvalue weighted by molar-refractivity contribution is 0.0983. The van der Waals surface area contributed by atoms with Gasteiger partial charge in [-0.25, -0.2) is 13.8 Å². The van der Waals surface area contributed by atoms with Gasteiger partial charge in [0, 0.05) is 11.6 Å². The average Bonchev–Trinajstić information content (AvgIpc) is 3.04. The zero-order valence-electron chi connectivity index (χ0n) is 16.4. The second kappa shape index (κ2) is 9.72. The Hall–Kier alpha value is -2.55. The minimum Gasteiger partial charge on any atom is -0.485 e. The predicted molar refractivity (Wildman–Crippen MR) is 120 cm³/mol. The first kappa shape index (κ1) is 23.1. The Labute approximate surface area is 189 Å². The Morgan fingerprint density at radius 1 is 1.00 bits per heavy atom. The number of pyridine rings is 2. The molecular formula is C21H21Cl2F2N5O. The summed E-state index contributed by atoms with van der Waals surface area (Å²) in [6.45, 7) is 1.36. The van der Waals surface area contributed by atoms with Crippen molar-refractivity contribution in [3.8, 4) is 17.3 Å². The number of rotatable bonds is 3. The smallest absolute Gasteiger partial charge is 0.187 e. The number of nitrogens with zero attached hydrogens (tertiary/aromatic N) is 4. The standard InChI is InChI=1S/C21H19F2N5O.2ClH/c22-14-5-7-19-26-27-21(28(19)12-14)16-6-4-13-2-1-3-18(20(13)25-16)29-17-9-11-24-10-8-15(17)23;;/h1-7,12,15,17,24H,8-11H2;2*1H/t15-,17-;;/m1../s1. The van der Waals surface area contributed by atoms with Crippen molar-refractivity contribution < 1.29 is 13.5 Å². The van der Waals surface area contributed by atoms with Gasteiger partial charge in [0.2, 0.25) is 0 Å². The van der Waals surface area contributed by atoms with E-state index in [4.69, 9.17) is 9.72 Å². The molecule has 1 fully saturated rings. The molecule has 6 nitrogen and oxygen atoms in total. The molecule has 0 bridgehead atoms. The first-order chi connectivity index (χ1) is 14.2. The topological polar surface area (TPSA) is 64.3 Å². The van der Waals surface area contributed by atoms with E-state index in [-0.39, 0.29) is 30.6 Å². The fourth-order valence-corrected chi connectivity index (χ4v) is 3.65. The molecular weight excluding hydrogens is 447 g/mol. The van der Waals surface area contributed by atoms with E-state index in [1.54, 1.807) is 22.6 Å². The van der Waals surface area contributed by atoms with E-state index in [0.29, 0.717) is 54.4 Å². The second-order valence-electron chi connectivity index (χ2n) is 7.12. The molecule has 4 aromatic rings. The Morgan fingerprint density at radius 2 is 1.84 bits per heavy atom. The number of benzene rings is 1. The lowest BCUT2D eigenvalue weighted by atomic mass is 10.1. The van der Waals surface area contributed by atoms with Gasteiger partial charge < -0.3 is 10.1 Å². The molecule has 31 heavy (non-hydrogen) atoms. The SMILES string of the molecule is Cl.Cl.Fc1ccc2nnc(-c3ccc4cccc(O[C@@H]5CCNCC[C@H]5F)c4n3)n2c1. The van der Waals surface area contributed by atoms with Gasteiger partial charge in [-0.3, -0.25) is 4.40 Å². The minimum absolute atomic E-state index is 0. The van der Waals surface area contributed by atoms with Crippen LogP contribution in [0.2, 0.25) is 0 Å². The maximum absolute atomic E-state index is 14.5. The Kier molecular flexibility index (Phi) is 7.25. The van der Waals surface area contributed by atoms with Crippen LogP contribution in [0.5, 0.6) is 5.75 Å². The largest absolute Gasteiger partial charge is 0.485 e. The van der Waals surface area contributed by atoms with Crippen LogP contribution in [0, 0.1) is 5.82 Å². The number of hydrogen-bond donors (Lipinski definition) is 1. The van der Waals surface area contributed by atoms with E-state index in [1.165, 1.54) is 12.3 Å². The molecule has 3 aromatic heterocycles. The van der Waals surface area contributed by atoms with Gasteiger partial charge in [0.15, 0.2) is 11.5 Å². The fourth-order valence-electron chi connectivity index (χ4n) is 3.65. The van der Waals surface area contributed by atoms with E-state index in [9.17, 15) is 8.78 Å². The summed E-state index contributed by atoms with van der Waals surface area (Å²) in [4.78, 5) is 4.70.